The Morgan fingerprint density at radius 2 is 2.33 bits per heavy atom. The van der Waals surface area contributed by atoms with Crippen LogP contribution in [0.3, 0.4) is 0 Å². The minimum Gasteiger partial charge on any atom is -0.487 e. The van der Waals surface area contributed by atoms with Gasteiger partial charge in [-0.15, -0.1) is 0 Å². The molecule has 1 saturated heterocycles. The van der Waals surface area contributed by atoms with Crippen LogP contribution in [0.25, 0.3) is 0 Å². The second-order valence-electron chi connectivity index (χ2n) is 5.41. The number of rotatable bonds is 3. The first-order valence-corrected chi connectivity index (χ1v) is 7.34. The van der Waals surface area contributed by atoms with Gasteiger partial charge < -0.3 is 19.7 Å². The Bertz CT molecular complexity index is 479. The van der Waals surface area contributed by atoms with Gasteiger partial charge in [0.1, 0.15) is 0 Å². The molecule has 0 bridgehead atoms. The van der Waals surface area contributed by atoms with Gasteiger partial charge in [-0.05, 0) is 33.3 Å². The van der Waals surface area contributed by atoms with Crippen molar-refractivity contribution in [3.05, 3.63) is 18.5 Å². The van der Waals surface area contributed by atoms with Crippen LogP contribution in [-0.4, -0.2) is 47.8 Å². The number of nitrogens with zero attached hydrogens (tertiary/aromatic N) is 2. The molecule has 0 aromatic carbocycles. The van der Waals surface area contributed by atoms with Crippen molar-refractivity contribution in [3.63, 3.8) is 0 Å². The number of hydrogen-bond acceptors (Lipinski definition) is 4. The normalized spacial score (nSPS) is 19.2. The summed E-state index contributed by atoms with van der Waals surface area (Å²) in [5.41, 5.74) is 0.640. The zero-order chi connectivity index (χ0) is 15.2. The fourth-order valence-electron chi connectivity index (χ4n) is 2.21. The highest BCUT2D eigenvalue weighted by atomic mass is 16.5. The van der Waals surface area contributed by atoms with Gasteiger partial charge >= 0.3 is 6.03 Å². The lowest BCUT2D eigenvalue weighted by Gasteiger charge is -2.27. The maximum Gasteiger partial charge on any atom is 0.322 e. The first kappa shape index (κ1) is 15.6. The van der Waals surface area contributed by atoms with Gasteiger partial charge in [0.25, 0.3) is 0 Å². The number of anilines is 1. The van der Waals surface area contributed by atoms with Crippen molar-refractivity contribution in [1.29, 1.82) is 0 Å². The molecule has 1 aromatic rings. The van der Waals surface area contributed by atoms with Crippen molar-refractivity contribution < 1.29 is 14.3 Å². The predicted octanol–water partition coefficient (Wildman–Crippen LogP) is 2.51. The average molecular weight is 293 g/mol. The molecule has 1 aliphatic heterocycles. The summed E-state index contributed by atoms with van der Waals surface area (Å²) in [5.74, 6) is 0.583. The Morgan fingerprint density at radius 3 is 3.10 bits per heavy atom. The number of aromatic nitrogens is 1. The first-order valence-electron chi connectivity index (χ1n) is 7.34. The van der Waals surface area contributed by atoms with Gasteiger partial charge in [-0.1, -0.05) is 0 Å². The first-order chi connectivity index (χ1) is 10.1. The number of urea groups is 1. The van der Waals surface area contributed by atoms with Crippen LogP contribution < -0.4 is 10.1 Å². The number of hydrogen-bond donors (Lipinski definition) is 1. The molecule has 2 rings (SSSR count). The van der Waals surface area contributed by atoms with Crippen molar-refractivity contribution in [2.45, 2.75) is 39.3 Å². The highest BCUT2D eigenvalue weighted by molar-refractivity contribution is 5.91. The molecule has 1 aliphatic rings. The fraction of sp³-hybridized carbons (Fsp3) is 0.600. The lowest BCUT2D eigenvalue weighted by atomic mass is 10.2. The molecule has 21 heavy (non-hydrogen) atoms. The zero-order valence-electron chi connectivity index (χ0n) is 12.8. The van der Waals surface area contributed by atoms with Crippen LogP contribution >= 0.6 is 0 Å². The summed E-state index contributed by atoms with van der Waals surface area (Å²) in [5, 5.41) is 2.91. The van der Waals surface area contributed by atoms with Crippen molar-refractivity contribution in [2.24, 2.45) is 0 Å². The monoisotopic (exact) mass is 293 g/mol. The van der Waals surface area contributed by atoms with Crippen molar-refractivity contribution in [3.8, 4) is 5.75 Å². The highest BCUT2D eigenvalue weighted by Crippen LogP contribution is 2.24. The predicted molar refractivity (Wildman–Crippen MR) is 80.6 cm³/mol. The molecular formula is C15H23N3O3. The third-order valence-electron chi connectivity index (χ3n) is 3.34. The molecule has 0 aliphatic carbocycles. The molecule has 1 N–H and O–H groups in total. The Kier molecular flexibility index (Phi) is 5.38. The van der Waals surface area contributed by atoms with E-state index >= 15 is 0 Å². The highest BCUT2D eigenvalue weighted by Gasteiger charge is 2.23. The third kappa shape index (κ3) is 4.32. The Balaban J connectivity index is 2.08. The second-order valence-corrected chi connectivity index (χ2v) is 5.41. The standard InChI is InChI=1S/C15H23N3O3/c1-11(2)21-14-10-16-6-4-13(14)17-15(19)18-7-9-20-8-5-12(18)3/h4,6,10-12H,5,7-9H2,1-3H3,(H,16,17,19). The molecule has 0 radical (unpaired) electrons. The number of carbonyl (C=O) groups is 1. The maximum atomic E-state index is 12.5. The van der Waals surface area contributed by atoms with Crippen molar-refractivity contribution in [1.82, 2.24) is 9.88 Å². The molecule has 0 saturated carbocycles. The summed E-state index contributed by atoms with van der Waals surface area (Å²) in [6.45, 7) is 7.77. The van der Waals surface area contributed by atoms with Gasteiger partial charge in [-0.3, -0.25) is 4.98 Å². The van der Waals surface area contributed by atoms with Crippen LogP contribution in [0.4, 0.5) is 10.5 Å². The number of nitrogens with one attached hydrogen (secondary N) is 1. The Hall–Kier alpha value is -1.82. The van der Waals surface area contributed by atoms with Gasteiger partial charge in [-0.2, -0.15) is 0 Å². The zero-order valence-corrected chi connectivity index (χ0v) is 12.8. The quantitative estimate of drug-likeness (QED) is 0.930. The van der Waals surface area contributed by atoms with E-state index in [0.717, 1.165) is 6.42 Å². The molecule has 6 heteroatoms. The molecular weight excluding hydrogens is 270 g/mol. The van der Waals surface area contributed by atoms with E-state index in [0.29, 0.717) is 31.2 Å². The van der Waals surface area contributed by atoms with E-state index in [9.17, 15) is 4.79 Å². The van der Waals surface area contributed by atoms with Crippen LogP contribution in [0.2, 0.25) is 0 Å². The molecule has 1 aromatic heterocycles. The summed E-state index contributed by atoms with van der Waals surface area (Å²) in [6, 6.07) is 1.77. The second kappa shape index (κ2) is 7.26. The lowest BCUT2D eigenvalue weighted by molar-refractivity contribution is 0.143. The van der Waals surface area contributed by atoms with Crippen molar-refractivity contribution in [2.75, 3.05) is 25.1 Å². The maximum absolute atomic E-state index is 12.5. The molecule has 2 heterocycles. The summed E-state index contributed by atoms with van der Waals surface area (Å²) in [7, 11) is 0. The van der Waals surface area contributed by atoms with E-state index in [4.69, 9.17) is 9.47 Å². The van der Waals surface area contributed by atoms with Crippen LogP contribution in [0, 0.1) is 0 Å². The summed E-state index contributed by atoms with van der Waals surface area (Å²) in [6.07, 6.45) is 4.12. The van der Waals surface area contributed by atoms with E-state index in [-0.39, 0.29) is 18.2 Å². The fourth-order valence-corrected chi connectivity index (χ4v) is 2.21. The third-order valence-corrected chi connectivity index (χ3v) is 3.34. The molecule has 116 valence electrons. The molecule has 1 unspecified atom stereocenters. The smallest absolute Gasteiger partial charge is 0.322 e. The molecule has 1 atom stereocenters. The number of amides is 2. The summed E-state index contributed by atoms with van der Waals surface area (Å²) >= 11 is 0. The van der Waals surface area contributed by atoms with E-state index in [2.05, 4.69) is 10.3 Å². The van der Waals surface area contributed by atoms with Crippen LogP contribution in [0.1, 0.15) is 27.2 Å². The minimum absolute atomic E-state index is 0.0235. The molecule has 1 fully saturated rings. The largest absolute Gasteiger partial charge is 0.487 e. The Labute approximate surface area is 125 Å². The number of carbonyl (C=O) groups excluding carboxylic acids is 1. The van der Waals surface area contributed by atoms with Gasteiger partial charge in [0.05, 0.1) is 24.6 Å². The number of pyridine rings is 1. The molecule has 6 nitrogen and oxygen atoms in total. The van der Waals surface area contributed by atoms with E-state index < -0.39 is 0 Å². The lowest BCUT2D eigenvalue weighted by Crippen LogP contribution is -2.42. The van der Waals surface area contributed by atoms with E-state index in [1.54, 1.807) is 23.4 Å². The minimum atomic E-state index is -0.132. The van der Waals surface area contributed by atoms with Crippen molar-refractivity contribution >= 4 is 11.7 Å². The van der Waals surface area contributed by atoms with Gasteiger partial charge in [0, 0.05) is 25.4 Å². The SMILES string of the molecule is CC(C)Oc1cnccc1NC(=O)N1CCOCCC1C. The van der Waals surface area contributed by atoms with Gasteiger partial charge in [-0.25, -0.2) is 4.79 Å². The van der Waals surface area contributed by atoms with Crippen LogP contribution in [0.15, 0.2) is 18.5 Å². The van der Waals surface area contributed by atoms with Crippen LogP contribution in [-0.2, 0) is 4.74 Å². The van der Waals surface area contributed by atoms with E-state index in [1.165, 1.54) is 0 Å². The molecule has 0 spiro atoms. The average Bonchev–Trinajstić information content (AvgIpc) is 2.65. The summed E-state index contributed by atoms with van der Waals surface area (Å²) < 4.78 is 11.1. The molecule has 2 amide bonds. The Morgan fingerprint density at radius 1 is 1.52 bits per heavy atom. The van der Waals surface area contributed by atoms with Gasteiger partial charge in [0.2, 0.25) is 0 Å². The van der Waals surface area contributed by atoms with Crippen LogP contribution in [0.5, 0.6) is 5.75 Å². The van der Waals surface area contributed by atoms with E-state index in [1.807, 2.05) is 20.8 Å². The summed E-state index contributed by atoms with van der Waals surface area (Å²) in [4.78, 5) is 18.3. The van der Waals surface area contributed by atoms with Gasteiger partial charge in [0.15, 0.2) is 5.75 Å². The topological polar surface area (TPSA) is 63.7 Å². The number of ether oxygens (including phenoxy) is 2.